The summed E-state index contributed by atoms with van der Waals surface area (Å²) in [4.78, 5) is 59.5. The number of hydrogen-bond acceptors (Lipinski definition) is 7. The molecule has 8 nitrogen and oxygen atoms in total. The monoisotopic (exact) mass is 660 g/mol. The van der Waals surface area contributed by atoms with Crippen LogP contribution in [0.4, 0.5) is 10.1 Å². The van der Waals surface area contributed by atoms with Gasteiger partial charge in [-0.3, -0.25) is 24.1 Å². The van der Waals surface area contributed by atoms with Crippen molar-refractivity contribution in [1.29, 1.82) is 0 Å². The fourth-order valence-corrected chi connectivity index (χ4v) is 8.74. The highest BCUT2D eigenvalue weighted by Gasteiger charge is 2.66. The van der Waals surface area contributed by atoms with E-state index in [1.54, 1.807) is 19.1 Å². The highest BCUT2D eigenvalue weighted by atomic mass is 35.5. The summed E-state index contributed by atoms with van der Waals surface area (Å²) in [5.74, 6) is -4.85. The number of benzene rings is 2. The number of nitrogens with zero attached hydrogens (tertiary/aromatic N) is 2. The summed E-state index contributed by atoms with van der Waals surface area (Å²) in [5, 5.41) is 11.8. The lowest BCUT2D eigenvalue weighted by Crippen LogP contribution is -2.49. The van der Waals surface area contributed by atoms with Gasteiger partial charge in [0.05, 0.1) is 47.5 Å². The van der Waals surface area contributed by atoms with Gasteiger partial charge in [0.1, 0.15) is 5.82 Å². The molecule has 236 valence electrons. The molecule has 0 bridgehead atoms. The van der Waals surface area contributed by atoms with Gasteiger partial charge in [0.15, 0.2) is 11.5 Å². The molecule has 0 spiro atoms. The van der Waals surface area contributed by atoms with Crippen LogP contribution in [-0.4, -0.2) is 40.7 Å². The Morgan fingerprint density at radius 3 is 2.61 bits per heavy atom. The highest BCUT2D eigenvalue weighted by Crippen LogP contribution is 2.61. The minimum Gasteiger partial charge on any atom is -0.504 e. The van der Waals surface area contributed by atoms with E-state index in [-0.39, 0.29) is 47.0 Å². The van der Waals surface area contributed by atoms with Gasteiger partial charge < -0.3 is 9.84 Å². The van der Waals surface area contributed by atoms with Gasteiger partial charge in [-0.1, -0.05) is 47.5 Å². The third-order valence-corrected chi connectivity index (χ3v) is 11.3. The number of carbonyl (C=O) groups is 4. The van der Waals surface area contributed by atoms with Crippen molar-refractivity contribution >= 4 is 58.3 Å². The largest absolute Gasteiger partial charge is 0.504 e. The normalized spacial score (nSPS) is 28.9. The van der Waals surface area contributed by atoms with E-state index in [4.69, 9.17) is 16.3 Å². The molecule has 2 aliphatic carbocycles. The summed E-state index contributed by atoms with van der Waals surface area (Å²) in [6, 6.07) is 12.4. The molecule has 2 saturated heterocycles. The molecule has 3 heterocycles. The van der Waals surface area contributed by atoms with Gasteiger partial charge in [-0.25, -0.2) is 9.29 Å². The number of fused-ring (bicyclic) bond motifs is 4. The van der Waals surface area contributed by atoms with Crippen molar-refractivity contribution in [1.82, 2.24) is 4.90 Å². The topological polar surface area (TPSA) is 104 Å². The number of aromatic hydroxyl groups is 1. The molecule has 6 atom stereocenters. The van der Waals surface area contributed by atoms with Gasteiger partial charge in [0, 0.05) is 10.8 Å². The number of anilines is 1. The zero-order valence-electron chi connectivity index (χ0n) is 25.0. The van der Waals surface area contributed by atoms with E-state index in [2.05, 4.69) is 0 Å². The van der Waals surface area contributed by atoms with Gasteiger partial charge in [0.2, 0.25) is 23.6 Å². The molecule has 1 N–H and O–H groups in total. The van der Waals surface area contributed by atoms with Crippen LogP contribution in [0.3, 0.4) is 0 Å². The van der Waals surface area contributed by atoms with Crippen LogP contribution in [0.2, 0.25) is 5.02 Å². The average molecular weight is 661 g/mol. The van der Waals surface area contributed by atoms with Crippen LogP contribution < -0.4 is 9.64 Å². The Morgan fingerprint density at radius 2 is 1.89 bits per heavy atom. The lowest BCUT2D eigenvalue weighted by atomic mass is 9.52. The minimum absolute atomic E-state index is 0.0212. The van der Waals surface area contributed by atoms with Crippen LogP contribution in [0.5, 0.6) is 11.5 Å². The van der Waals surface area contributed by atoms with Gasteiger partial charge in [-0.05, 0) is 73.0 Å². The fraction of sp³-hybridized carbons (Fsp3) is 0.314. The Kier molecular flexibility index (Phi) is 7.40. The van der Waals surface area contributed by atoms with Gasteiger partial charge in [0.25, 0.3) is 0 Å². The Morgan fingerprint density at radius 1 is 1.09 bits per heavy atom. The van der Waals surface area contributed by atoms with Crippen LogP contribution in [0.15, 0.2) is 71.6 Å². The number of imide groups is 2. The molecule has 46 heavy (non-hydrogen) atoms. The second kappa shape index (κ2) is 11.2. The summed E-state index contributed by atoms with van der Waals surface area (Å²) >= 11 is 7.54. The second-order valence-corrected chi connectivity index (χ2v) is 13.9. The molecule has 2 aliphatic heterocycles. The van der Waals surface area contributed by atoms with E-state index in [1.807, 2.05) is 35.7 Å². The van der Waals surface area contributed by atoms with Crippen LogP contribution in [0.25, 0.3) is 6.08 Å². The molecular weight excluding hydrogens is 631 g/mol. The number of allylic oxidation sites excluding steroid dienone is 3. The number of rotatable bonds is 6. The van der Waals surface area contributed by atoms with E-state index < -0.39 is 52.6 Å². The summed E-state index contributed by atoms with van der Waals surface area (Å²) in [7, 11) is 1.45. The maximum absolute atomic E-state index is 14.4. The zero-order chi connectivity index (χ0) is 32.5. The summed E-state index contributed by atoms with van der Waals surface area (Å²) < 4.78 is 19.3. The molecular formula is C35H30ClFN2O6S. The van der Waals surface area contributed by atoms with Crippen molar-refractivity contribution in [3.05, 3.63) is 92.9 Å². The Hall–Kier alpha value is -4.28. The van der Waals surface area contributed by atoms with E-state index in [0.717, 1.165) is 21.4 Å². The Balaban J connectivity index is 1.32. The van der Waals surface area contributed by atoms with Gasteiger partial charge >= 0.3 is 0 Å². The molecule has 1 aromatic heterocycles. The van der Waals surface area contributed by atoms with Gasteiger partial charge in [-0.15, -0.1) is 11.3 Å². The highest BCUT2D eigenvalue weighted by molar-refractivity contribution is 7.09. The van der Waals surface area contributed by atoms with Crippen molar-refractivity contribution in [2.45, 2.75) is 26.3 Å². The fourth-order valence-electron chi connectivity index (χ4n) is 7.87. The number of phenols is 1. The first-order valence-corrected chi connectivity index (χ1v) is 16.3. The lowest BCUT2D eigenvalue weighted by molar-refractivity contribution is -0.141. The lowest BCUT2D eigenvalue weighted by Gasteiger charge is -2.47. The van der Waals surface area contributed by atoms with E-state index in [9.17, 15) is 28.7 Å². The van der Waals surface area contributed by atoms with E-state index in [1.165, 1.54) is 41.5 Å². The Bertz CT molecular complexity index is 1860. The molecule has 3 aromatic rings. The number of hydrogen-bond donors (Lipinski definition) is 1. The van der Waals surface area contributed by atoms with Crippen molar-refractivity contribution in [2.24, 2.45) is 35.0 Å². The second-order valence-electron chi connectivity index (χ2n) is 12.4. The third kappa shape index (κ3) is 4.52. The van der Waals surface area contributed by atoms with Crippen molar-refractivity contribution < 1.29 is 33.4 Å². The minimum atomic E-state index is -1.24. The molecule has 4 amide bonds. The quantitative estimate of drug-likeness (QED) is 0.248. The summed E-state index contributed by atoms with van der Waals surface area (Å²) in [6.07, 6.45) is 6.22. The predicted molar refractivity (Wildman–Crippen MR) is 170 cm³/mol. The number of carbonyl (C=O) groups excluding carboxylic acids is 4. The number of ether oxygens (including phenoxy) is 1. The maximum Gasteiger partial charge on any atom is 0.241 e. The van der Waals surface area contributed by atoms with Crippen LogP contribution in [-0.2, 0) is 25.7 Å². The standard InChI is InChI=1S/C35H30ClFN2O6S/c1-35-24(10-5-18-6-12-28(40)29(14-18)45-2)21-8-9-22-30(33(43)38(31(22)41)17-20-4-3-13-46-20)23(21)16-25(35)32(42)39(34(35)44)19-7-11-27(37)26(36)15-19/h3-8,10-15,22-25,30,40H,9,16-17H2,1-2H3/t22-,23+,24-,25-,30-,35-/m0/s1. The molecule has 11 heteroatoms. The number of phenolic OH excluding ortho intramolecular Hbond substituents is 1. The van der Waals surface area contributed by atoms with Crippen molar-refractivity contribution in [2.75, 3.05) is 12.0 Å². The van der Waals surface area contributed by atoms with Crippen LogP contribution >= 0.6 is 22.9 Å². The first kappa shape index (κ1) is 30.4. The SMILES string of the molecule is COc1cc(C=C[C@H]2C3=CC[C@@H]4C(=O)N(Cc5cccs5)C(=O)[C@@H]4[C@@H]3C[C@H]3C(=O)N(c4ccc(F)c(Cl)c4)C(=O)[C@@]23C)ccc1O. The summed E-state index contributed by atoms with van der Waals surface area (Å²) in [6.45, 7) is 1.97. The average Bonchev–Trinajstić information content (AvgIpc) is 3.70. The smallest absolute Gasteiger partial charge is 0.241 e. The maximum atomic E-state index is 14.4. The van der Waals surface area contributed by atoms with E-state index in [0.29, 0.717) is 12.0 Å². The molecule has 1 saturated carbocycles. The molecule has 2 aromatic carbocycles. The molecule has 3 fully saturated rings. The first-order valence-electron chi connectivity index (χ1n) is 15.0. The Labute approximate surface area is 273 Å². The van der Waals surface area contributed by atoms with Gasteiger partial charge in [-0.2, -0.15) is 0 Å². The number of thiophene rings is 1. The first-order chi connectivity index (χ1) is 22.0. The van der Waals surface area contributed by atoms with E-state index >= 15 is 0 Å². The van der Waals surface area contributed by atoms with Crippen molar-refractivity contribution in [3.63, 3.8) is 0 Å². The summed E-state index contributed by atoms with van der Waals surface area (Å²) in [5.41, 5.74) is 0.472. The number of methoxy groups -OCH3 is 1. The molecule has 7 rings (SSSR count). The third-order valence-electron chi connectivity index (χ3n) is 10.2. The number of amides is 4. The van der Waals surface area contributed by atoms with Crippen LogP contribution in [0, 0.1) is 40.8 Å². The number of likely N-dealkylation sites (tertiary alicyclic amines) is 1. The predicted octanol–water partition coefficient (Wildman–Crippen LogP) is 6.23. The molecule has 0 radical (unpaired) electrons. The molecule has 4 aliphatic rings. The zero-order valence-corrected chi connectivity index (χ0v) is 26.6. The van der Waals surface area contributed by atoms with Crippen molar-refractivity contribution in [3.8, 4) is 11.5 Å². The number of halogens is 2. The van der Waals surface area contributed by atoms with Crippen LogP contribution in [0.1, 0.15) is 30.2 Å². The molecule has 0 unspecified atom stereocenters.